The van der Waals surface area contributed by atoms with E-state index in [4.69, 9.17) is 13.0 Å². The summed E-state index contributed by atoms with van der Waals surface area (Å²) in [6.07, 6.45) is 0. The third-order valence-electron chi connectivity index (χ3n) is 0.134. The molecule has 0 heterocycles. The van der Waals surface area contributed by atoms with Crippen molar-refractivity contribution in [3.05, 3.63) is 0 Å². The molecular weight excluding hydrogens is 125 g/mol. The Morgan fingerprint density at radius 3 is 1.71 bits per heavy atom. The van der Waals surface area contributed by atoms with Gasteiger partial charge in [0.05, 0.1) is 0 Å². The van der Waals surface area contributed by atoms with E-state index in [0.29, 0.717) is 0 Å². The van der Waals surface area contributed by atoms with Crippen molar-refractivity contribution in [3.63, 3.8) is 0 Å². The predicted octanol–water partition coefficient (Wildman–Crippen LogP) is -0.165. The van der Waals surface area contributed by atoms with E-state index in [1.165, 1.54) is 0 Å². The highest BCUT2D eigenvalue weighted by Gasteiger charge is 1.84. The zero-order chi connectivity index (χ0) is 5.21. The maximum atomic E-state index is 10.6. The Bertz CT molecular complexity index is 117. The average Bonchev–Trinajstić information content (AvgIpc) is 1.35. The molecule has 7 heavy (non-hydrogen) atoms. The van der Waals surface area contributed by atoms with Crippen LogP contribution < -0.4 is 6.15 Å². The van der Waals surface area contributed by atoms with Crippen molar-refractivity contribution in [2.75, 3.05) is 6.01 Å². The number of rotatable bonds is 1. The summed E-state index contributed by atoms with van der Waals surface area (Å²) < 4.78 is 37.8. The smallest absolute Gasteiger partial charge is 0.179 e. The fourth-order valence-electron chi connectivity index (χ4n) is 0. The standard InChI is InChI=1S/CH3FO3S.H3N/c2-1-6(3,4)5;/h1H2,(H,3,4,5);1H3. The van der Waals surface area contributed by atoms with Crippen molar-refractivity contribution in [1.29, 1.82) is 0 Å². The van der Waals surface area contributed by atoms with Crippen LogP contribution in [0.5, 0.6) is 0 Å². The van der Waals surface area contributed by atoms with E-state index in [-0.39, 0.29) is 6.15 Å². The third kappa shape index (κ3) is 10.7. The van der Waals surface area contributed by atoms with Gasteiger partial charge in [0.25, 0.3) is 0 Å². The first kappa shape index (κ1) is 9.93. The molecular formula is CH6FNO3S. The maximum Gasteiger partial charge on any atom is 0.179 e. The second-order valence-corrected chi connectivity index (χ2v) is 2.00. The lowest BCUT2D eigenvalue weighted by Gasteiger charge is -1.94. The van der Waals surface area contributed by atoms with Crippen LogP contribution in [0.3, 0.4) is 0 Å². The van der Waals surface area contributed by atoms with Gasteiger partial charge in [-0.15, -0.1) is 0 Å². The van der Waals surface area contributed by atoms with Crippen LogP contribution in [0.25, 0.3) is 0 Å². The zero-order valence-corrected chi connectivity index (χ0v) is 4.53. The van der Waals surface area contributed by atoms with Gasteiger partial charge in [-0.3, -0.25) is 0 Å². The van der Waals surface area contributed by atoms with Crippen molar-refractivity contribution in [2.24, 2.45) is 0 Å². The third-order valence-corrected chi connectivity index (χ3v) is 0.401. The lowest BCUT2D eigenvalue weighted by atomic mass is 11.8. The minimum atomic E-state index is -4.58. The molecule has 0 radical (unpaired) electrons. The maximum absolute atomic E-state index is 10.6. The second-order valence-electron chi connectivity index (χ2n) is 0.667. The van der Waals surface area contributed by atoms with Crippen LogP contribution in [-0.4, -0.2) is 19.0 Å². The van der Waals surface area contributed by atoms with Gasteiger partial charge in [-0.05, 0) is 0 Å². The van der Waals surface area contributed by atoms with Crippen molar-refractivity contribution in [1.82, 2.24) is 6.15 Å². The molecule has 0 saturated carbocycles. The summed E-state index contributed by atoms with van der Waals surface area (Å²) in [6.45, 7) is 0. The van der Waals surface area contributed by atoms with Crippen LogP contribution >= 0.6 is 0 Å². The highest BCUT2D eigenvalue weighted by molar-refractivity contribution is 7.85. The van der Waals surface area contributed by atoms with Crippen LogP contribution in [0.4, 0.5) is 4.39 Å². The van der Waals surface area contributed by atoms with Gasteiger partial charge in [-0.2, -0.15) is 0 Å². The lowest BCUT2D eigenvalue weighted by molar-refractivity contribution is 0.431. The minimum Gasteiger partial charge on any atom is -0.746 e. The Labute approximate surface area is 40.7 Å². The molecule has 46 valence electrons. The van der Waals surface area contributed by atoms with Crippen LogP contribution in [0.15, 0.2) is 0 Å². The monoisotopic (exact) mass is 131 g/mol. The molecule has 4 nitrogen and oxygen atoms in total. The number of halogens is 1. The van der Waals surface area contributed by atoms with E-state index in [9.17, 15) is 4.39 Å². The van der Waals surface area contributed by atoms with Crippen molar-refractivity contribution in [2.45, 2.75) is 0 Å². The summed E-state index contributed by atoms with van der Waals surface area (Å²) in [5.41, 5.74) is 0. The van der Waals surface area contributed by atoms with E-state index in [2.05, 4.69) is 0 Å². The molecule has 4 N–H and O–H groups in total. The lowest BCUT2D eigenvalue weighted by Crippen LogP contribution is -1.97. The van der Waals surface area contributed by atoms with Crippen molar-refractivity contribution >= 4 is 10.1 Å². The number of quaternary nitrogens is 1. The second kappa shape index (κ2) is 2.89. The summed E-state index contributed by atoms with van der Waals surface area (Å²) in [6, 6.07) is -1.81. The molecule has 0 aromatic heterocycles. The SMILES string of the molecule is O=S(=O)([O-])CF.[NH4+]. The van der Waals surface area contributed by atoms with Gasteiger partial charge in [0.15, 0.2) is 6.01 Å². The molecule has 0 aliphatic carbocycles. The van der Waals surface area contributed by atoms with E-state index in [0.717, 1.165) is 0 Å². The Kier molecular flexibility index (Phi) is 4.10. The number of hydrogen-bond donors (Lipinski definition) is 1. The van der Waals surface area contributed by atoms with Gasteiger partial charge in [-0.25, -0.2) is 12.8 Å². The molecule has 0 atom stereocenters. The molecule has 0 fully saturated rings. The van der Waals surface area contributed by atoms with E-state index < -0.39 is 16.1 Å². The first-order valence-electron chi connectivity index (χ1n) is 1.06. The van der Waals surface area contributed by atoms with Gasteiger partial charge in [0.1, 0.15) is 10.1 Å². The molecule has 0 aromatic rings. The van der Waals surface area contributed by atoms with Gasteiger partial charge >= 0.3 is 0 Å². The van der Waals surface area contributed by atoms with E-state index in [1.807, 2.05) is 0 Å². The average molecular weight is 131 g/mol. The topological polar surface area (TPSA) is 93.7 Å². The molecule has 6 heteroatoms. The number of hydrogen-bond acceptors (Lipinski definition) is 3. The van der Waals surface area contributed by atoms with E-state index >= 15 is 0 Å². The van der Waals surface area contributed by atoms with Crippen molar-refractivity contribution in [3.8, 4) is 0 Å². The predicted molar refractivity (Wildman–Crippen MR) is 21.7 cm³/mol. The fraction of sp³-hybridized carbons (Fsp3) is 1.00. The van der Waals surface area contributed by atoms with E-state index in [1.54, 1.807) is 0 Å². The molecule has 0 aromatic carbocycles. The van der Waals surface area contributed by atoms with Gasteiger partial charge in [0.2, 0.25) is 0 Å². The molecule has 0 amide bonds. The molecule has 0 bridgehead atoms. The largest absolute Gasteiger partial charge is 0.746 e. The molecule has 0 unspecified atom stereocenters. The quantitative estimate of drug-likeness (QED) is 0.500. The summed E-state index contributed by atoms with van der Waals surface area (Å²) >= 11 is 0. The van der Waals surface area contributed by atoms with Gasteiger partial charge in [0, 0.05) is 0 Å². The van der Waals surface area contributed by atoms with Crippen LogP contribution in [0.2, 0.25) is 0 Å². The Balaban J connectivity index is 0. The Hall–Kier alpha value is -0.200. The Morgan fingerprint density at radius 2 is 1.71 bits per heavy atom. The van der Waals surface area contributed by atoms with Gasteiger partial charge < -0.3 is 10.7 Å². The highest BCUT2D eigenvalue weighted by atomic mass is 32.2. The Morgan fingerprint density at radius 1 is 1.57 bits per heavy atom. The molecule has 0 spiro atoms. The summed E-state index contributed by atoms with van der Waals surface area (Å²) in [5.74, 6) is 0. The fourth-order valence-corrected chi connectivity index (χ4v) is 0. The van der Waals surface area contributed by atoms with Crippen LogP contribution in [0, 0.1) is 0 Å². The van der Waals surface area contributed by atoms with Gasteiger partial charge in [-0.1, -0.05) is 0 Å². The van der Waals surface area contributed by atoms with Crippen LogP contribution in [0.1, 0.15) is 0 Å². The molecule has 0 rings (SSSR count). The molecule has 0 saturated heterocycles. The first-order chi connectivity index (χ1) is 2.56. The molecule has 0 aliphatic rings. The summed E-state index contributed by atoms with van der Waals surface area (Å²) in [4.78, 5) is 0. The molecule has 0 aliphatic heterocycles. The minimum absolute atomic E-state index is 0. The normalized spacial score (nSPS) is 10.0. The number of alkyl halides is 1. The summed E-state index contributed by atoms with van der Waals surface area (Å²) in [5, 5.41) is 0. The highest BCUT2D eigenvalue weighted by Crippen LogP contribution is 1.77. The van der Waals surface area contributed by atoms with Crippen LogP contribution in [-0.2, 0) is 10.1 Å². The first-order valence-corrected chi connectivity index (χ1v) is 2.63. The zero-order valence-electron chi connectivity index (χ0n) is 3.72. The van der Waals surface area contributed by atoms with Crippen molar-refractivity contribution < 1.29 is 17.4 Å². The summed E-state index contributed by atoms with van der Waals surface area (Å²) in [7, 11) is -4.58.